The fourth-order valence-electron chi connectivity index (χ4n) is 3.06. The van der Waals surface area contributed by atoms with E-state index < -0.39 is 0 Å². The van der Waals surface area contributed by atoms with Crippen LogP contribution in [0.15, 0.2) is 24.5 Å². The predicted molar refractivity (Wildman–Crippen MR) is 75.4 cm³/mol. The van der Waals surface area contributed by atoms with Gasteiger partial charge in [0.05, 0.1) is 0 Å². The Morgan fingerprint density at radius 3 is 2.83 bits per heavy atom. The van der Waals surface area contributed by atoms with Crippen molar-refractivity contribution in [3.05, 3.63) is 30.1 Å². The molecule has 0 bridgehead atoms. The van der Waals surface area contributed by atoms with Crippen LogP contribution in [0.5, 0.6) is 0 Å². The number of nitrogens with zero attached hydrogens (tertiary/aromatic N) is 3. The summed E-state index contributed by atoms with van der Waals surface area (Å²) in [6.45, 7) is 5.74. The molecule has 0 radical (unpaired) electrons. The minimum Gasteiger partial charge on any atom is -0.305 e. The first-order valence-electron chi connectivity index (χ1n) is 6.98. The van der Waals surface area contributed by atoms with Crippen molar-refractivity contribution in [2.75, 3.05) is 27.2 Å². The van der Waals surface area contributed by atoms with Crippen LogP contribution in [0, 0.1) is 5.92 Å². The first-order chi connectivity index (χ1) is 8.70. The van der Waals surface area contributed by atoms with Gasteiger partial charge < -0.3 is 4.90 Å². The molecule has 2 rings (SSSR count). The summed E-state index contributed by atoms with van der Waals surface area (Å²) < 4.78 is 0. The third kappa shape index (κ3) is 3.30. The van der Waals surface area contributed by atoms with E-state index in [-0.39, 0.29) is 0 Å². The predicted octanol–water partition coefficient (Wildman–Crippen LogP) is 2.24. The lowest BCUT2D eigenvalue weighted by Crippen LogP contribution is -2.35. The molecule has 1 aliphatic heterocycles. The van der Waals surface area contributed by atoms with Gasteiger partial charge >= 0.3 is 0 Å². The van der Waals surface area contributed by atoms with Crippen molar-refractivity contribution in [1.82, 2.24) is 14.8 Å². The SMILES string of the molecule is CCC[C@H]1CN(Cc2cccnc2)C[C@@H]1N(C)C. The van der Waals surface area contributed by atoms with Gasteiger partial charge in [-0.25, -0.2) is 0 Å². The number of likely N-dealkylation sites (tertiary alicyclic amines) is 1. The van der Waals surface area contributed by atoms with Gasteiger partial charge in [0.25, 0.3) is 0 Å². The molecule has 0 spiro atoms. The summed E-state index contributed by atoms with van der Waals surface area (Å²) in [6, 6.07) is 4.91. The summed E-state index contributed by atoms with van der Waals surface area (Å²) in [6.07, 6.45) is 6.45. The van der Waals surface area contributed by atoms with E-state index in [2.05, 4.69) is 41.9 Å². The minimum atomic E-state index is 0.710. The smallest absolute Gasteiger partial charge is 0.0312 e. The van der Waals surface area contributed by atoms with Crippen LogP contribution in [0.2, 0.25) is 0 Å². The summed E-state index contributed by atoms with van der Waals surface area (Å²) in [5, 5.41) is 0. The molecule has 1 saturated heterocycles. The monoisotopic (exact) mass is 247 g/mol. The van der Waals surface area contributed by atoms with E-state index in [1.165, 1.54) is 31.5 Å². The van der Waals surface area contributed by atoms with Crippen molar-refractivity contribution in [2.24, 2.45) is 5.92 Å². The molecule has 18 heavy (non-hydrogen) atoms. The van der Waals surface area contributed by atoms with E-state index in [4.69, 9.17) is 0 Å². The Morgan fingerprint density at radius 2 is 2.22 bits per heavy atom. The van der Waals surface area contributed by atoms with Crippen LogP contribution in [0.3, 0.4) is 0 Å². The maximum absolute atomic E-state index is 4.20. The Hall–Kier alpha value is -0.930. The van der Waals surface area contributed by atoms with Gasteiger partial charge in [0.15, 0.2) is 0 Å². The second kappa shape index (κ2) is 6.30. The van der Waals surface area contributed by atoms with Crippen molar-refractivity contribution < 1.29 is 0 Å². The Balaban J connectivity index is 1.96. The number of pyridine rings is 1. The maximum Gasteiger partial charge on any atom is 0.0312 e. The third-order valence-corrected chi connectivity index (χ3v) is 3.93. The van der Waals surface area contributed by atoms with Crippen molar-refractivity contribution in [3.63, 3.8) is 0 Å². The second-order valence-corrected chi connectivity index (χ2v) is 5.64. The molecule has 3 nitrogen and oxygen atoms in total. The highest BCUT2D eigenvalue weighted by atomic mass is 15.2. The quantitative estimate of drug-likeness (QED) is 0.795. The first-order valence-corrected chi connectivity index (χ1v) is 6.98. The Bertz CT molecular complexity index is 350. The molecule has 1 aromatic heterocycles. The Kier molecular flexibility index (Phi) is 4.72. The lowest BCUT2D eigenvalue weighted by atomic mass is 9.98. The number of aromatic nitrogens is 1. The molecule has 2 atom stereocenters. The topological polar surface area (TPSA) is 19.4 Å². The van der Waals surface area contributed by atoms with Crippen LogP contribution in [0.1, 0.15) is 25.3 Å². The van der Waals surface area contributed by atoms with Crippen LogP contribution in [-0.2, 0) is 6.54 Å². The van der Waals surface area contributed by atoms with E-state index in [9.17, 15) is 0 Å². The molecule has 1 aliphatic rings. The van der Waals surface area contributed by atoms with Crippen molar-refractivity contribution in [3.8, 4) is 0 Å². The Labute approximate surface area is 111 Å². The molecule has 1 aromatic rings. The molecule has 0 unspecified atom stereocenters. The molecular weight excluding hydrogens is 222 g/mol. The fourth-order valence-corrected chi connectivity index (χ4v) is 3.06. The zero-order valence-electron chi connectivity index (χ0n) is 11.8. The lowest BCUT2D eigenvalue weighted by molar-refractivity contribution is 0.239. The molecule has 0 aliphatic carbocycles. The van der Waals surface area contributed by atoms with Crippen molar-refractivity contribution in [2.45, 2.75) is 32.4 Å². The van der Waals surface area contributed by atoms with E-state index in [0.29, 0.717) is 6.04 Å². The molecule has 0 N–H and O–H groups in total. The molecule has 2 heterocycles. The standard InChI is InChI=1S/C15H25N3/c1-4-6-14-11-18(12-15(14)17(2)3)10-13-7-5-8-16-9-13/h5,7-9,14-15H,4,6,10-12H2,1-3H3/t14-,15-/m0/s1. The van der Waals surface area contributed by atoms with Gasteiger partial charge in [-0.1, -0.05) is 19.4 Å². The molecule has 0 aromatic carbocycles. The highest BCUT2D eigenvalue weighted by molar-refractivity contribution is 5.09. The summed E-state index contributed by atoms with van der Waals surface area (Å²) in [5.41, 5.74) is 1.33. The normalized spacial score (nSPS) is 24.9. The van der Waals surface area contributed by atoms with Gasteiger partial charge in [0.1, 0.15) is 0 Å². The number of hydrogen-bond donors (Lipinski definition) is 0. The maximum atomic E-state index is 4.20. The summed E-state index contributed by atoms with van der Waals surface area (Å²) in [7, 11) is 4.42. The molecule has 1 fully saturated rings. The molecule has 0 amide bonds. The van der Waals surface area contributed by atoms with E-state index >= 15 is 0 Å². The first kappa shape index (κ1) is 13.5. The number of likely N-dealkylation sites (N-methyl/N-ethyl adjacent to an activating group) is 1. The van der Waals surface area contributed by atoms with E-state index in [1.807, 2.05) is 18.5 Å². The van der Waals surface area contributed by atoms with Gasteiger partial charge in [-0.3, -0.25) is 9.88 Å². The zero-order chi connectivity index (χ0) is 13.0. The van der Waals surface area contributed by atoms with E-state index in [0.717, 1.165) is 12.5 Å². The number of hydrogen-bond acceptors (Lipinski definition) is 3. The summed E-state index contributed by atoms with van der Waals surface area (Å²) in [5.74, 6) is 0.821. The van der Waals surface area contributed by atoms with Crippen LogP contribution in [0.4, 0.5) is 0 Å². The molecule has 0 saturated carbocycles. The average molecular weight is 247 g/mol. The number of rotatable bonds is 5. The van der Waals surface area contributed by atoms with Crippen LogP contribution in [-0.4, -0.2) is 48.0 Å². The largest absolute Gasteiger partial charge is 0.305 e. The van der Waals surface area contributed by atoms with Gasteiger partial charge in [0, 0.05) is 38.1 Å². The summed E-state index contributed by atoms with van der Waals surface area (Å²) >= 11 is 0. The van der Waals surface area contributed by atoms with Crippen LogP contribution >= 0.6 is 0 Å². The molecule has 100 valence electrons. The molecule has 3 heteroatoms. The Morgan fingerprint density at radius 1 is 1.39 bits per heavy atom. The van der Waals surface area contributed by atoms with E-state index in [1.54, 1.807) is 0 Å². The highest BCUT2D eigenvalue weighted by Crippen LogP contribution is 2.25. The second-order valence-electron chi connectivity index (χ2n) is 5.64. The van der Waals surface area contributed by atoms with Gasteiger partial charge in [0.2, 0.25) is 0 Å². The highest BCUT2D eigenvalue weighted by Gasteiger charge is 2.33. The lowest BCUT2D eigenvalue weighted by Gasteiger charge is -2.24. The zero-order valence-corrected chi connectivity index (χ0v) is 11.8. The molecular formula is C15H25N3. The fraction of sp³-hybridized carbons (Fsp3) is 0.667. The van der Waals surface area contributed by atoms with Crippen LogP contribution < -0.4 is 0 Å². The van der Waals surface area contributed by atoms with Gasteiger partial charge in [-0.05, 0) is 38.1 Å². The third-order valence-electron chi connectivity index (χ3n) is 3.93. The van der Waals surface area contributed by atoms with Crippen molar-refractivity contribution >= 4 is 0 Å². The van der Waals surface area contributed by atoms with Gasteiger partial charge in [-0.2, -0.15) is 0 Å². The minimum absolute atomic E-state index is 0.710. The average Bonchev–Trinajstić information content (AvgIpc) is 2.74. The van der Waals surface area contributed by atoms with Crippen molar-refractivity contribution in [1.29, 1.82) is 0 Å². The van der Waals surface area contributed by atoms with Gasteiger partial charge in [-0.15, -0.1) is 0 Å². The summed E-state index contributed by atoms with van der Waals surface area (Å²) in [4.78, 5) is 9.16. The van der Waals surface area contributed by atoms with Crippen LogP contribution in [0.25, 0.3) is 0 Å².